The Morgan fingerprint density at radius 2 is 0.870 bits per heavy atom. The molecule has 0 radical (unpaired) electrons. The number of carbonyl (C=O) groups excluding carboxylic acids is 11. The molecule has 0 aromatic heterocycles. The predicted octanol–water partition coefficient (Wildman–Crippen LogP) is -4.66. The highest BCUT2D eigenvalue weighted by Gasteiger charge is 2.37. The van der Waals surface area contributed by atoms with Gasteiger partial charge >= 0.3 is 23.9 Å². The van der Waals surface area contributed by atoms with Crippen LogP contribution < -0.4 is 81.4 Å². The van der Waals surface area contributed by atoms with Gasteiger partial charge in [-0.05, 0) is 101 Å². The largest absolute Gasteiger partial charge is 0.481 e. The van der Waals surface area contributed by atoms with Crippen molar-refractivity contribution in [2.24, 2.45) is 39.8 Å². The first-order valence-electron chi connectivity index (χ1n) is 32.5. The van der Waals surface area contributed by atoms with Crippen molar-refractivity contribution in [3.05, 3.63) is 71.8 Å². The Hall–Kier alpha value is -10.4. The second-order valence-corrected chi connectivity index (χ2v) is 24.7. The molecule has 0 unspecified atom stereocenters. The maximum Gasteiger partial charge on any atom is 0.326 e. The van der Waals surface area contributed by atoms with Crippen LogP contribution in [-0.2, 0) is 84.8 Å². The Morgan fingerprint density at radius 3 is 1.35 bits per heavy atom. The van der Waals surface area contributed by atoms with E-state index in [0.717, 1.165) is 12.5 Å². The zero-order valence-corrected chi connectivity index (χ0v) is 56.8. The summed E-state index contributed by atoms with van der Waals surface area (Å²) in [7, 11) is 0. The number of nitrogens with one attached hydrogen (secondary N) is 11. The molecule has 0 aliphatic carbocycles. The first-order chi connectivity index (χ1) is 47.0. The Labute approximate surface area is 577 Å². The van der Waals surface area contributed by atoms with E-state index in [4.69, 9.17) is 22.9 Å². The molecule has 2 aromatic rings. The summed E-state index contributed by atoms with van der Waals surface area (Å²) in [5.74, 6) is -19.0. The lowest BCUT2D eigenvalue weighted by atomic mass is 9.99. The van der Waals surface area contributed by atoms with Crippen molar-refractivity contribution < 1.29 is 97.5 Å². The number of nitrogens with zero attached hydrogens (tertiary/aromatic N) is 1. The van der Waals surface area contributed by atoms with Crippen molar-refractivity contribution in [3.8, 4) is 0 Å². The normalized spacial score (nSPS) is 14.6. The van der Waals surface area contributed by atoms with Crippen LogP contribution in [0, 0.1) is 11.8 Å². The molecule has 36 heteroatoms. The minimum atomic E-state index is -2.14. The average Bonchev–Trinajstić information content (AvgIpc) is 0.865. The van der Waals surface area contributed by atoms with Crippen LogP contribution in [0.5, 0.6) is 0 Å². The van der Waals surface area contributed by atoms with E-state index in [2.05, 4.69) is 63.5 Å². The van der Waals surface area contributed by atoms with Crippen molar-refractivity contribution in [3.63, 3.8) is 0 Å². The van der Waals surface area contributed by atoms with Crippen molar-refractivity contribution in [1.29, 1.82) is 0 Å². The van der Waals surface area contributed by atoms with Crippen LogP contribution >= 0.6 is 0 Å². The summed E-state index contributed by atoms with van der Waals surface area (Å²) in [5, 5.41) is 75.7. The highest BCUT2D eigenvalue weighted by Crippen LogP contribution is 2.13. The van der Waals surface area contributed by atoms with E-state index in [1.807, 2.05) is 0 Å². The van der Waals surface area contributed by atoms with E-state index in [9.17, 15) is 97.5 Å². The summed E-state index contributed by atoms with van der Waals surface area (Å²) in [5.41, 5.74) is 23.8. The van der Waals surface area contributed by atoms with Crippen LogP contribution in [-0.4, -0.2) is 213 Å². The summed E-state index contributed by atoms with van der Waals surface area (Å²) in [6.07, 6.45) is -5.73. The standard InChI is InChI=1S/C64H98N16O20/c1-33(2)26-43(58(94)79-47(63(99)100)27-34(3)4)76-56(92)41(20-13-14-24-65)73-60(96)45(30-50(85)86)77-57(93)42(22-23-49(83)84)74-61(97)46(31-51(87)88)78-59(95)44(29-38-18-11-8-12-19-38)72-48(82)32-70-55(91)40(21-15-25-69-64(67)68)75-62(98)52(36(6)81)80-53(89)35(5)71-54(90)39(66)28-37-16-9-7-10-17-37/h7-12,16-19,33-36,39-47,52,81H,13-15,20-32,65-66H2,1-6H3,(H,70,91)(H,71,90)(H,72,82)(H,73,96)(H,74,97)(H,75,98)(H,76,92)(H,77,93)(H,78,95)(H,79,94)(H,80,89)(H,83,84)(H,85,86)(H,87,88)(H,99,100)(H4,67,68,69)/t35-,36+,39-,40-,41-,42-,43-,44-,45-,46-,47-,52-/m0/s1. The van der Waals surface area contributed by atoms with Crippen LogP contribution in [0.3, 0.4) is 0 Å². The molecule has 24 N–H and O–H groups in total. The van der Waals surface area contributed by atoms with Gasteiger partial charge in [0.2, 0.25) is 65.0 Å². The third kappa shape index (κ3) is 33.7. The van der Waals surface area contributed by atoms with Gasteiger partial charge in [0.25, 0.3) is 0 Å². The molecule has 2 aromatic carbocycles. The first-order valence-corrected chi connectivity index (χ1v) is 32.5. The van der Waals surface area contributed by atoms with Crippen molar-refractivity contribution in [2.75, 3.05) is 19.6 Å². The molecule has 36 nitrogen and oxygen atoms in total. The summed E-state index contributed by atoms with van der Waals surface area (Å²) < 4.78 is 0. The van der Waals surface area contributed by atoms with Crippen molar-refractivity contribution >= 4 is 94.8 Å². The monoisotopic (exact) mass is 1410 g/mol. The molecule has 0 saturated heterocycles. The highest BCUT2D eigenvalue weighted by molar-refractivity contribution is 6.00. The number of nitrogens with two attached hydrogens (primary N) is 4. The summed E-state index contributed by atoms with van der Waals surface area (Å²) >= 11 is 0. The third-order valence-electron chi connectivity index (χ3n) is 14.9. The number of hydrogen-bond donors (Lipinski definition) is 20. The maximum absolute atomic E-state index is 14.3. The van der Waals surface area contributed by atoms with Gasteiger partial charge in [0.15, 0.2) is 5.96 Å². The zero-order valence-electron chi connectivity index (χ0n) is 56.8. The quantitative estimate of drug-likeness (QED) is 0.0168. The number of amides is 11. The van der Waals surface area contributed by atoms with Crippen LogP contribution in [0.25, 0.3) is 0 Å². The number of carbonyl (C=O) groups is 15. The lowest BCUT2D eigenvalue weighted by molar-refractivity contribution is -0.143. The topological polar surface area (TPSA) is 606 Å². The summed E-state index contributed by atoms with van der Waals surface area (Å²) in [6, 6.07) is -1.15. The van der Waals surface area contributed by atoms with Crippen LogP contribution in [0.4, 0.5) is 0 Å². The summed E-state index contributed by atoms with van der Waals surface area (Å²) in [6.45, 7) is 8.53. The molecule has 0 fully saturated rings. The number of aliphatic carboxylic acids is 4. The molecular weight excluding hydrogens is 1310 g/mol. The van der Waals surface area contributed by atoms with Gasteiger partial charge in [0.1, 0.15) is 60.4 Å². The molecule has 2 rings (SSSR count). The molecule has 0 aliphatic rings. The molecule has 100 heavy (non-hydrogen) atoms. The fourth-order valence-electron chi connectivity index (χ4n) is 9.75. The van der Waals surface area contributed by atoms with Gasteiger partial charge in [-0.15, -0.1) is 0 Å². The number of aliphatic hydroxyl groups is 1. The molecule has 554 valence electrons. The Bertz CT molecular complexity index is 3140. The molecule has 0 saturated carbocycles. The van der Waals surface area contributed by atoms with Gasteiger partial charge in [-0.25, -0.2) is 4.79 Å². The number of benzene rings is 2. The molecule has 0 spiro atoms. The fraction of sp³-hybridized carbons (Fsp3) is 0.562. The second kappa shape index (κ2) is 44.5. The van der Waals surface area contributed by atoms with Gasteiger partial charge in [-0.3, -0.25) is 72.1 Å². The number of carboxylic acids is 4. The van der Waals surface area contributed by atoms with Gasteiger partial charge < -0.3 is 107 Å². The zero-order chi connectivity index (χ0) is 75.3. The number of aliphatic imine (C=N–C) groups is 1. The third-order valence-corrected chi connectivity index (χ3v) is 14.9. The van der Waals surface area contributed by atoms with E-state index in [1.165, 1.54) is 19.1 Å². The molecular formula is C64H98N16O20. The summed E-state index contributed by atoms with van der Waals surface area (Å²) in [4.78, 5) is 204. The van der Waals surface area contributed by atoms with E-state index in [-0.39, 0.29) is 82.3 Å². The van der Waals surface area contributed by atoms with Gasteiger partial charge in [-0.1, -0.05) is 88.4 Å². The van der Waals surface area contributed by atoms with Gasteiger partial charge in [0, 0.05) is 19.4 Å². The minimum Gasteiger partial charge on any atom is -0.481 e. The SMILES string of the molecule is CC(C)C[C@H](NC(=O)[C@H](CC(C)C)NC(=O)[C@H](CCCCN)NC(=O)[C@H](CC(=O)O)NC(=O)[C@H](CCC(=O)O)NC(=O)[C@H](CC(=O)O)NC(=O)[C@H](Cc1ccccc1)NC(=O)CNC(=O)[C@H](CCCN=C(N)N)NC(=O)[C@@H](NC(=O)[C@H](C)NC(=O)[C@@H](N)Cc1ccccc1)[C@@H](C)O)C(=O)O. The van der Waals surface area contributed by atoms with Gasteiger partial charge in [-0.2, -0.15) is 0 Å². The maximum atomic E-state index is 14.3. The molecule has 0 heterocycles. The Morgan fingerprint density at radius 1 is 0.440 bits per heavy atom. The Balaban J connectivity index is 2.44. The highest BCUT2D eigenvalue weighted by atomic mass is 16.4. The number of guanidine groups is 1. The predicted molar refractivity (Wildman–Crippen MR) is 359 cm³/mol. The van der Waals surface area contributed by atoms with Crippen LogP contribution in [0.2, 0.25) is 0 Å². The van der Waals surface area contributed by atoms with E-state index < -0.39 is 194 Å². The average molecular weight is 1410 g/mol. The number of aliphatic hydroxyl groups excluding tert-OH is 1. The van der Waals surface area contributed by atoms with Crippen LogP contribution in [0.1, 0.15) is 123 Å². The van der Waals surface area contributed by atoms with E-state index in [0.29, 0.717) is 12.0 Å². The van der Waals surface area contributed by atoms with E-state index in [1.54, 1.807) is 76.2 Å². The molecule has 12 atom stereocenters. The first kappa shape index (κ1) is 85.7. The molecule has 0 bridgehead atoms. The lowest BCUT2D eigenvalue weighted by Gasteiger charge is -2.28. The number of hydrogen-bond acceptors (Lipinski definition) is 19. The molecule has 11 amide bonds. The lowest BCUT2D eigenvalue weighted by Crippen LogP contribution is -2.61. The smallest absolute Gasteiger partial charge is 0.326 e. The van der Waals surface area contributed by atoms with Crippen molar-refractivity contribution in [2.45, 2.75) is 198 Å². The Kier molecular flexibility index (Phi) is 38.2. The van der Waals surface area contributed by atoms with Crippen LogP contribution in [0.15, 0.2) is 65.7 Å². The van der Waals surface area contributed by atoms with Gasteiger partial charge in [0.05, 0.1) is 31.5 Å². The van der Waals surface area contributed by atoms with E-state index >= 15 is 0 Å². The number of unbranched alkanes of at least 4 members (excludes halogenated alkanes) is 1. The number of carboxylic acid groups (broad SMARTS) is 4. The number of rotatable bonds is 47. The second-order valence-electron chi connectivity index (χ2n) is 24.7. The minimum absolute atomic E-state index is 0.00271. The molecule has 0 aliphatic heterocycles. The fourth-order valence-corrected chi connectivity index (χ4v) is 9.75. The van der Waals surface area contributed by atoms with Crippen molar-refractivity contribution in [1.82, 2.24) is 58.5 Å².